The molecule has 0 fully saturated rings. The van der Waals surface area contributed by atoms with Crippen LogP contribution in [-0.4, -0.2) is 22.6 Å². The molecule has 3 aromatic heterocycles. The smallest absolute Gasteiger partial charge is 0.251 e. The maximum absolute atomic E-state index is 6.99. The summed E-state index contributed by atoms with van der Waals surface area (Å²) in [6, 6.07) is 72.9. The fourth-order valence-corrected chi connectivity index (χ4v) is 13.6. The molecule has 6 heteroatoms. The Morgan fingerprint density at radius 3 is 1.82 bits per heavy atom. The number of aromatic nitrogens is 2. The van der Waals surface area contributed by atoms with E-state index in [1.165, 1.54) is 132 Å². The normalized spacial score (nSPS) is 16.4. The van der Waals surface area contributed by atoms with E-state index < -0.39 is 0 Å². The first-order valence-corrected chi connectivity index (χ1v) is 23.3. The molecule has 0 saturated heterocycles. The fraction of sp³-hybridized carbons (Fsp3) is 0.0333. The predicted molar refractivity (Wildman–Crippen MR) is 276 cm³/mol. The number of fused-ring (bicyclic) bond motifs is 14. The molecule has 7 heterocycles. The number of hydrogen-bond donors (Lipinski definition) is 0. The third-order valence-corrected chi connectivity index (χ3v) is 16.0. The van der Waals surface area contributed by atoms with E-state index >= 15 is 0 Å². The number of allylic oxidation sites excluding steroid dienone is 4. The van der Waals surface area contributed by atoms with E-state index in [4.69, 9.17) is 4.42 Å². The minimum atomic E-state index is 0.0116. The molecule has 0 radical (unpaired) electrons. The fourth-order valence-electron chi connectivity index (χ4n) is 13.6. The molecule has 1 atom stereocenters. The summed E-state index contributed by atoms with van der Waals surface area (Å²) in [5.41, 5.74) is 25.9. The zero-order valence-corrected chi connectivity index (χ0v) is 35.7. The van der Waals surface area contributed by atoms with Gasteiger partial charge in [0.25, 0.3) is 6.71 Å². The standard InChI is InChI=1S/C60H35B2N3O/c1-4-16-34(17-5-1)36-28-41-42-29-37(35-18-6-2-7-19-35)31-46-57(42)65-56(41)45(30-36)61-44-24-12-14-26-49(44)63(38-20-8-3-9-21-38)50-33-51-55(59(65)54(50)61)62(46)47-32-43-39-22-11-15-27-52(39)66-60(43)53-40-23-10-13-25-48(40)64(51)58(47)53/h1-32,51H,33H2. The number of anilines is 2. The SMILES string of the molecule is c1ccc(-c2cc3c4c(c2)c2cc(-c5ccccc5)cc5c2n4C2=C4B5c5cc6c7ccccc7oc6c6c7ccccc7n(c56)C4CC4=C2B3c2ccccc2N4c2ccccc2)cc1. The van der Waals surface area contributed by atoms with Crippen LogP contribution in [0.5, 0.6) is 0 Å². The van der Waals surface area contributed by atoms with Gasteiger partial charge in [0, 0.05) is 78.2 Å². The third-order valence-electron chi connectivity index (χ3n) is 16.0. The summed E-state index contributed by atoms with van der Waals surface area (Å²) in [5.74, 6) is 0. The Labute approximate surface area is 380 Å². The van der Waals surface area contributed by atoms with E-state index in [9.17, 15) is 0 Å². The molecule has 1 unspecified atom stereocenters. The van der Waals surface area contributed by atoms with Crippen LogP contribution < -0.4 is 26.8 Å². The minimum absolute atomic E-state index is 0.0116. The van der Waals surface area contributed by atoms with Crippen LogP contribution in [0.25, 0.3) is 93.5 Å². The molecule has 5 aliphatic rings. The van der Waals surface area contributed by atoms with Crippen LogP contribution in [0.1, 0.15) is 12.5 Å². The van der Waals surface area contributed by atoms with E-state index in [1.807, 2.05) is 0 Å². The van der Waals surface area contributed by atoms with Crippen LogP contribution in [-0.2, 0) is 0 Å². The van der Waals surface area contributed by atoms with Crippen molar-refractivity contribution in [3.05, 3.63) is 211 Å². The predicted octanol–water partition coefficient (Wildman–Crippen LogP) is 12.0. The zero-order chi connectivity index (χ0) is 42.5. The summed E-state index contributed by atoms with van der Waals surface area (Å²) >= 11 is 0. The maximum atomic E-state index is 6.99. The van der Waals surface area contributed by atoms with Crippen molar-refractivity contribution in [1.82, 2.24) is 9.13 Å². The molecule has 12 aromatic rings. The van der Waals surface area contributed by atoms with Crippen LogP contribution >= 0.6 is 0 Å². The van der Waals surface area contributed by atoms with Gasteiger partial charge in [-0.1, -0.05) is 152 Å². The highest BCUT2D eigenvalue weighted by Gasteiger charge is 2.54. The van der Waals surface area contributed by atoms with Crippen molar-refractivity contribution in [1.29, 1.82) is 0 Å². The largest absolute Gasteiger partial charge is 0.455 e. The van der Waals surface area contributed by atoms with Crippen molar-refractivity contribution < 1.29 is 4.42 Å². The Morgan fingerprint density at radius 2 is 1.08 bits per heavy atom. The van der Waals surface area contributed by atoms with Crippen LogP contribution in [0.15, 0.2) is 215 Å². The molecule has 4 aliphatic heterocycles. The molecule has 0 spiro atoms. The van der Waals surface area contributed by atoms with Gasteiger partial charge in [-0.05, 0) is 97.5 Å². The van der Waals surface area contributed by atoms with Gasteiger partial charge in [0.2, 0.25) is 6.71 Å². The molecule has 0 amide bonds. The second-order valence-corrected chi connectivity index (χ2v) is 19.0. The van der Waals surface area contributed by atoms with Gasteiger partial charge in [-0.25, -0.2) is 0 Å². The Balaban J connectivity index is 1.12. The van der Waals surface area contributed by atoms with Gasteiger partial charge in [0.05, 0.1) is 11.4 Å². The quantitative estimate of drug-likeness (QED) is 0.166. The van der Waals surface area contributed by atoms with Crippen molar-refractivity contribution in [2.24, 2.45) is 0 Å². The molecular weight excluding hydrogens is 800 g/mol. The zero-order valence-electron chi connectivity index (χ0n) is 35.7. The monoisotopic (exact) mass is 835 g/mol. The third kappa shape index (κ3) is 3.99. The molecule has 17 rings (SSSR count). The topological polar surface area (TPSA) is 26.2 Å². The number of rotatable bonds is 3. The van der Waals surface area contributed by atoms with Gasteiger partial charge in [0.1, 0.15) is 11.2 Å². The first-order valence-electron chi connectivity index (χ1n) is 23.3. The van der Waals surface area contributed by atoms with Gasteiger partial charge in [-0.3, -0.25) is 0 Å². The maximum Gasteiger partial charge on any atom is 0.251 e. The molecule has 9 aromatic carbocycles. The number of nitrogens with zero attached hydrogens (tertiary/aromatic N) is 3. The van der Waals surface area contributed by atoms with Gasteiger partial charge in [-0.2, -0.15) is 0 Å². The van der Waals surface area contributed by atoms with E-state index in [0.717, 1.165) is 17.6 Å². The average molecular weight is 836 g/mol. The Bertz CT molecular complexity index is 4270. The molecule has 0 saturated carbocycles. The van der Waals surface area contributed by atoms with Crippen molar-refractivity contribution in [3.63, 3.8) is 0 Å². The number of hydrogen-bond acceptors (Lipinski definition) is 2. The lowest BCUT2D eigenvalue weighted by molar-refractivity contribution is 0.604. The first-order chi connectivity index (χ1) is 32.8. The molecule has 302 valence electrons. The van der Waals surface area contributed by atoms with Gasteiger partial charge in [-0.15, -0.1) is 0 Å². The lowest BCUT2D eigenvalue weighted by Crippen LogP contribution is -2.60. The highest BCUT2D eigenvalue weighted by molar-refractivity contribution is 7.00. The molecule has 0 bridgehead atoms. The van der Waals surface area contributed by atoms with Crippen LogP contribution in [0.3, 0.4) is 0 Å². The van der Waals surface area contributed by atoms with Gasteiger partial charge >= 0.3 is 0 Å². The summed E-state index contributed by atoms with van der Waals surface area (Å²) in [6.07, 6.45) is 0.852. The minimum Gasteiger partial charge on any atom is -0.455 e. The summed E-state index contributed by atoms with van der Waals surface area (Å²) in [5, 5.41) is 7.48. The highest BCUT2D eigenvalue weighted by atomic mass is 16.3. The van der Waals surface area contributed by atoms with E-state index in [-0.39, 0.29) is 19.5 Å². The number of benzene rings is 9. The summed E-state index contributed by atoms with van der Waals surface area (Å²) in [7, 11) is 0. The molecule has 1 aliphatic carbocycles. The summed E-state index contributed by atoms with van der Waals surface area (Å²) in [6.45, 7) is 0.0547. The highest BCUT2D eigenvalue weighted by Crippen LogP contribution is 2.57. The average Bonchev–Trinajstić information content (AvgIpc) is 4.05. The van der Waals surface area contributed by atoms with E-state index in [1.54, 1.807) is 0 Å². The Kier molecular flexibility index (Phi) is 6.18. The van der Waals surface area contributed by atoms with Gasteiger partial charge < -0.3 is 18.5 Å². The number of para-hydroxylation sites is 4. The van der Waals surface area contributed by atoms with Crippen LogP contribution in [0.2, 0.25) is 0 Å². The van der Waals surface area contributed by atoms with Crippen LogP contribution in [0, 0.1) is 0 Å². The van der Waals surface area contributed by atoms with Crippen LogP contribution in [0.4, 0.5) is 11.4 Å². The summed E-state index contributed by atoms with van der Waals surface area (Å²) < 4.78 is 12.5. The lowest BCUT2D eigenvalue weighted by Gasteiger charge is -2.50. The lowest BCUT2D eigenvalue weighted by atomic mass is 9.27. The van der Waals surface area contributed by atoms with E-state index in [0.29, 0.717) is 0 Å². The second-order valence-electron chi connectivity index (χ2n) is 19.0. The van der Waals surface area contributed by atoms with Crippen molar-refractivity contribution in [3.8, 4) is 22.3 Å². The van der Waals surface area contributed by atoms with E-state index in [2.05, 4.69) is 208 Å². The first kappa shape index (κ1) is 34.2. The number of furan rings is 1. The molecule has 66 heavy (non-hydrogen) atoms. The van der Waals surface area contributed by atoms with Crippen molar-refractivity contribution in [2.75, 3.05) is 4.90 Å². The molecule has 4 nitrogen and oxygen atoms in total. The molecule has 0 N–H and O–H groups in total. The second kappa shape index (κ2) is 11.9. The Hall–Kier alpha value is -8.21. The van der Waals surface area contributed by atoms with Crippen molar-refractivity contribution >= 4 is 118 Å². The summed E-state index contributed by atoms with van der Waals surface area (Å²) in [4.78, 5) is 2.62. The van der Waals surface area contributed by atoms with Crippen molar-refractivity contribution in [2.45, 2.75) is 12.5 Å². The van der Waals surface area contributed by atoms with Gasteiger partial charge in [0.15, 0.2) is 0 Å². The molecular formula is C60H35B2N3O. The Morgan fingerprint density at radius 1 is 0.470 bits per heavy atom.